The maximum absolute atomic E-state index is 6.16. The highest BCUT2D eigenvalue weighted by atomic mass is 16.5. The lowest BCUT2D eigenvalue weighted by molar-refractivity contribution is 0.224. The first-order chi connectivity index (χ1) is 12.2. The van der Waals surface area contributed by atoms with Crippen molar-refractivity contribution in [3.05, 3.63) is 29.3 Å². The third-order valence-corrected chi connectivity index (χ3v) is 5.40. The summed E-state index contributed by atoms with van der Waals surface area (Å²) in [6, 6.07) is 6.49. The number of hydrogen-bond donors (Lipinski definition) is 0. The Morgan fingerprint density at radius 1 is 0.720 bits per heavy atom. The van der Waals surface area contributed by atoms with Crippen LogP contribution in [0.5, 0.6) is 5.75 Å². The van der Waals surface area contributed by atoms with Gasteiger partial charge in [-0.3, -0.25) is 0 Å². The molecule has 0 heterocycles. The van der Waals surface area contributed by atoms with Crippen LogP contribution in [-0.2, 0) is 0 Å². The van der Waals surface area contributed by atoms with Crippen LogP contribution in [0.1, 0.15) is 102 Å². The second-order valence-electron chi connectivity index (χ2n) is 7.83. The van der Waals surface area contributed by atoms with Crippen LogP contribution in [0.2, 0.25) is 0 Å². The SMILES string of the molecule is CCCCCCCCC(CCCCCC)COc1ccc(C)c(C)c1. The van der Waals surface area contributed by atoms with E-state index >= 15 is 0 Å². The van der Waals surface area contributed by atoms with E-state index < -0.39 is 0 Å². The summed E-state index contributed by atoms with van der Waals surface area (Å²) in [5.74, 6) is 1.77. The van der Waals surface area contributed by atoms with Crippen molar-refractivity contribution in [2.75, 3.05) is 6.61 Å². The molecule has 0 aliphatic rings. The van der Waals surface area contributed by atoms with Gasteiger partial charge < -0.3 is 4.74 Å². The lowest BCUT2D eigenvalue weighted by Gasteiger charge is -2.18. The van der Waals surface area contributed by atoms with Gasteiger partial charge in [0, 0.05) is 0 Å². The number of rotatable bonds is 15. The summed E-state index contributed by atoms with van der Waals surface area (Å²) in [6.07, 6.45) is 16.4. The zero-order valence-corrected chi connectivity index (χ0v) is 17.4. The summed E-state index contributed by atoms with van der Waals surface area (Å²) in [4.78, 5) is 0. The molecule has 0 fully saturated rings. The maximum atomic E-state index is 6.16. The molecule has 1 nitrogen and oxygen atoms in total. The summed E-state index contributed by atoms with van der Waals surface area (Å²) in [7, 11) is 0. The molecule has 0 aromatic heterocycles. The predicted octanol–water partition coefficient (Wildman–Crippen LogP) is 8.02. The minimum Gasteiger partial charge on any atom is -0.493 e. The molecule has 1 rings (SSSR count). The quantitative estimate of drug-likeness (QED) is 0.292. The Morgan fingerprint density at radius 3 is 1.88 bits per heavy atom. The van der Waals surface area contributed by atoms with Gasteiger partial charge in [-0.2, -0.15) is 0 Å². The summed E-state index contributed by atoms with van der Waals surface area (Å²) in [5.41, 5.74) is 2.67. The van der Waals surface area contributed by atoms with E-state index in [1.807, 2.05) is 0 Å². The second kappa shape index (κ2) is 14.2. The Morgan fingerprint density at radius 2 is 1.28 bits per heavy atom. The zero-order valence-electron chi connectivity index (χ0n) is 17.4. The monoisotopic (exact) mass is 346 g/mol. The average Bonchev–Trinajstić information content (AvgIpc) is 2.61. The number of unbranched alkanes of at least 4 members (excludes halogenated alkanes) is 8. The molecule has 25 heavy (non-hydrogen) atoms. The molecule has 0 bridgehead atoms. The number of ether oxygens (including phenoxy) is 1. The molecule has 0 N–H and O–H groups in total. The molecule has 1 unspecified atom stereocenters. The van der Waals surface area contributed by atoms with E-state index in [0.717, 1.165) is 18.3 Å². The Bertz CT molecular complexity index is 438. The lowest BCUT2D eigenvalue weighted by Crippen LogP contribution is -2.12. The molecular formula is C24H42O. The maximum Gasteiger partial charge on any atom is 0.119 e. The fourth-order valence-electron chi connectivity index (χ4n) is 3.40. The van der Waals surface area contributed by atoms with Crippen molar-refractivity contribution in [1.29, 1.82) is 0 Å². The predicted molar refractivity (Wildman–Crippen MR) is 112 cm³/mol. The van der Waals surface area contributed by atoms with Crippen LogP contribution in [0.25, 0.3) is 0 Å². The van der Waals surface area contributed by atoms with Crippen LogP contribution in [0.15, 0.2) is 18.2 Å². The van der Waals surface area contributed by atoms with Gasteiger partial charge in [0.1, 0.15) is 5.75 Å². The lowest BCUT2D eigenvalue weighted by atomic mass is 9.95. The number of benzene rings is 1. The van der Waals surface area contributed by atoms with Gasteiger partial charge >= 0.3 is 0 Å². The van der Waals surface area contributed by atoms with E-state index in [2.05, 4.69) is 45.9 Å². The van der Waals surface area contributed by atoms with Crippen molar-refractivity contribution in [3.8, 4) is 5.75 Å². The third-order valence-electron chi connectivity index (χ3n) is 5.40. The van der Waals surface area contributed by atoms with E-state index in [9.17, 15) is 0 Å². The molecule has 0 aliphatic heterocycles. The molecular weight excluding hydrogens is 304 g/mol. The fraction of sp³-hybridized carbons (Fsp3) is 0.750. The largest absolute Gasteiger partial charge is 0.493 e. The van der Waals surface area contributed by atoms with Gasteiger partial charge in [-0.25, -0.2) is 0 Å². The van der Waals surface area contributed by atoms with E-state index in [-0.39, 0.29) is 0 Å². The van der Waals surface area contributed by atoms with Gasteiger partial charge in [0.15, 0.2) is 0 Å². The molecule has 144 valence electrons. The van der Waals surface area contributed by atoms with Gasteiger partial charge in [-0.05, 0) is 55.9 Å². The highest BCUT2D eigenvalue weighted by Gasteiger charge is 2.10. The van der Waals surface area contributed by atoms with Crippen molar-refractivity contribution < 1.29 is 4.74 Å². The minimum absolute atomic E-state index is 0.727. The average molecular weight is 347 g/mol. The standard InChI is InChI=1S/C24H42O/c1-5-7-9-11-12-14-16-23(15-13-10-8-6-2)20-25-24-18-17-21(3)22(4)19-24/h17-19,23H,5-16,20H2,1-4H3. The Labute approximate surface area is 157 Å². The van der Waals surface area contributed by atoms with Gasteiger partial charge in [-0.15, -0.1) is 0 Å². The highest BCUT2D eigenvalue weighted by Crippen LogP contribution is 2.22. The summed E-state index contributed by atoms with van der Waals surface area (Å²) < 4.78 is 6.16. The van der Waals surface area contributed by atoms with Crippen LogP contribution in [0.3, 0.4) is 0 Å². The van der Waals surface area contributed by atoms with E-state index in [4.69, 9.17) is 4.74 Å². The van der Waals surface area contributed by atoms with E-state index in [0.29, 0.717) is 0 Å². The van der Waals surface area contributed by atoms with Gasteiger partial charge in [-0.1, -0.05) is 84.1 Å². The molecule has 1 aromatic carbocycles. The Hall–Kier alpha value is -0.980. The van der Waals surface area contributed by atoms with Crippen LogP contribution in [0, 0.1) is 19.8 Å². The molecule has 0 amide bonds. The minimum atomic E-state index is 0.727. The van der Waals surface area contributed by atoms with Crippen molar-refractivity contribution in [2.45, 2.75) is 105 Å². The normalized spacial score (nSPS) is 12.3. The topological polar surface area (TPSA) is 9.23 Å². The molecule has 0 aliphatic carbocycles. The molecule has 1 aromatic rings. The number of hydrogen-bond acceptors (Lipinski definition) is 1. The van der Waals surface area contributed by atoms with Crippen molar-refractivity contribution in [3.63, 3.8) is 0 Å². The second-order valence-corrected chi connectivity index (χ2v) is 7.83. The summed E-state index contributed by atoms with van der Waals surface area (Å²) in [6.45, 7) is 9.80. The first-order valence-electron chi connectivity index (χ1n) is 10.9. The van der Waals surface area contributed by atoms with Crippen LogP contribution in [-0.4, -0.2) is 6.61 Å². The first kappa shape index (κ1) is 22.1. The first-order valence-corrected chi connectivity index (χ1v) is 10.9. The Kier molecular flexibility index (Phi) is 12.5. The van der Waals surface area contributed by atoms with E-state index in [1.165, 1.54) is 88.2 Å². The highest BCUT2D eigenvalue weighted by molar-refractivity contribution is 5.33. The third kappa shape index (κ3) is 10.6. The molecule has 0 radical (unpaired) electrons. The zero-order chi connectivity index (χ0) is 18.3. The van der Waals surface area contributed by atoms with Crippen LogP contribution in [0.4, 0.5) is 0 Å². The molecule has 0 saturated heterocycles. The summed E-state index contributed by atoms with van der Waals surface area (Å²) in [5, 5.41) is 0. The van der Waals surface area contributed by atoms with Gasteiger partial charge in [0.2, 0.25) is 0 Å². The Balaban J connectivity index is 2.36. The number of aryl methyl sites for hydroxylation is 2. The molecule has 0 saturated carbocycles. The van der Waals surface area contributed by atoms with Gasteiger partial charge in [0.25, 0.3) is 0 Å². The smallest absolute Gasteiger partial charge is 0.119 e. The van der Waals surface area contributed by atoms with Crippen LogP contribution < -0.4 is 4.74 Å². The van der Waals surface area contributed by atoms with Crippen molar-refractivity contribution in [1.82, 2.24) is 0 Å². The molecule has 0 spiro atoms. The van der Waals surface area contributed by atoms with E-state index in [1.54, 1.807) is 0 Å². The van der Waals surface area contributed by atoms with Gasteiger partial charge in [0.05, 0.1) is 6.61 Å². The van der Waals surface area contributed by atoms with Crippen molar-refractivity contribution >= 4 is 0 Å². The summed E-state index contributed by atoms with van der Waals surface area (Å²) >= 11 is 0. The van der Waals surface area contributed by atoms with Crippen LogP contribution >= 0.6 is 0 Å². The molecule has 1 atom stereocenters. The fourth-order valence-corrected chi connectivity index (χ4v) is 3.40. The molecule has 1 heteroatoms. The van der Waals surface area contributed by atoms with Crippen molar-refractivity contribution in [2.24, 2.45) is 5.92 Å².